The van der Waals surface area contributed by atoms with Gasteiger partial charge in [-0.3, -0.25) is 9.59 Å². The topological polar surface area (TPSA) is 61.9 Å². The van der Waals surface area contributed by atoms with Crippen molar-refractivity contribution in [1.29, 1.82) is 0 Å². The van der Waals surface area contributed by atoms with E-state index in [-0.39, 0.29) is 24.2 Å². The van der Waals surface area contributed by atoms with Crippen LogP contribution in [0.3, 0.4) is 0 Å². The molecule has 4 rings (SSSR count). The molecule has 2 aliphatic heterocycles. The number of carbonyl (C=O) groups excluding carboxylic acids is 2. The van der Waals surface area contributed by atoms with Crippen LogP contribution in [0.5, 0.6) is 0 Å². The van der Waals surface area contributed by atoms with E-state index in [0.717, 1.165) is 41.3 Å². The van der Waals surface area contributed by atoms with Gasteiger partial charge in [0, 0.05) is 31.7 Å². The summed E-state index contributed by atoms with van der Waals surface area (Å²) in [6.45, 7) is 7.39. The van der Waals surface area contributed by atoms with Crippen molar-refractivity contribution in [2.45, 2.75) is 20.3 Å². The second-order valence-corrected chi connectivity index (χ2v) is 7.80. The van der Waals surface area contributed by atoms with Gasteiger partial charge >= 0.3 is 0 Å². The van der Waals surface area contributed by atoms with Crippen LogP contribution in [-0.4, -0.2) is 44.7 Å². The average molecular weight is 393 g/mol. The van der Waals surface area contributed by atoms with Gasteiger partial charge in [-0.25, -0.2) is 0 Å². The molecule has 0 aromatic heterocycles. The Bertz CT molecular complexity index is 921. The predicted octanol–water partition coefficient (Wildman–Crippen LogP) is 3.13. The van der Waals surface area contributed by atoms with E-state index in [0.29, 0.717) is 19.8 Å². The van der Waals surface area contributed by atoms with Crippen LogP contribution in [0.15, 0.2) is 42.5 Å². The Morgan fingerprint density at radius 3 is 2.62 bits per heavy atom. The minimum absolute atomic E-state index is 0.000291. The molecule has 0 spiro atoms. The first-order valence-corrected chi connectivity index (χ1v) is 10.1. The van der Waals surface area contributed by atoms with E-state index >= 15 is 0 Å². The molecule has 6 heteroatoms. The maximum atomic E-state index is 13.0. The summed E-state index contributed by atoms with van der Waals surface area (Å²) in [5.74, 6) is -0.465. The van der Waals surface area contributed by atoms with Gasteiger partial charge < -0.3 is 19.9 Å². The molecule has 29 heavy (non-hydrogen) atoms. The van der Waals surface area contributed by atoms with E-state index in [4.69, 9.17) is 4.74 Å². The molecular formula is C23H27N3O3. The summed E-state index contributed by atoms with van der Waals surface area (Å²) < 4.78 is 5.44. The molecule has 0 saturated carbocycles. The summed E-state index contributed by atoms with van der Waals surface area (Å²) in [6.07, 6.45) is 0.235. The molecule has 0 radical (unpaired) electrons. The highest BCUT2D eigenvalue weighted by molar-refractivity contribution is 6.04. The summed E-state index contributed by atoms with van der Waals surface area (Å²) in [7, 11) is 0. The minimum atomic E-state index is -0.361. The Labute approximate surface area is 171 Å². The summed E-state index contributed by atoms with van der Waals surface area (Å²) in [4.78, 5) is 29.6. The van der Waals surface area contributed by atoms with Crippen LogP contribution in [0.4, 0.5) is 17.1 Å². The van der Waals surface area contributed by atoms with Crippen molar-refractivity contribution in [2.75, 3.05) is 48.0 Å². The smallest absolute Gasteiger partial charge is 0.229 e. The number of nitrogens with one attached hydrogen (secondary N) is 1. The number of hydrogen-bond acceptors (Lipinski definition) is 4. The Morgan fingerprint density at radius 2 is 1.83 bits per heavy atom. The van der Waals surface area contributed by atoms with E-state index in [1.165, 1.54) is 0 Å². The summed E-state index contributed by atoms with van der Waals surface area (Å²) in [6, 6.07) is 13.9. The zero-order valence-electron chi connectivity index (χ0n) is 17.0. The third-order valence-corrected chi connectivity index (χ3v) is 5.66. The molecule has 1 atom stereocenters. The minimum Gasteiger partial charge on any atom is -0.378 e. The highest BCUT2D eigenvalue weighted by atomic mass is 16.5. The standard InChI is InChI=1S/C23H27N3O3/c1-16-7-8-17(2)21(13-16)26-15-18(14-22(26)27)23(28)24-19-5-3-4-6-20(19)25-9-11-29-12-10-25/h3-8,13,18H,9-12,14-15H2,1-2H3,(H,24,28). The van der Waals surface area contributed by atoms with Gasteiger partial charge in [0.25, 0.3) is 0 Å². The van der Waals surface area contributed by atoms with Gasteiger partial charge in [-0.1, -0.05) is 24.3 Å². The molecule has 152 valence electrons. The van der Waals surface area contributed by atoms with Crippen molar-refractivity contribution in [1.82, 2.24) is 0 Å². The lowest BCUT2D eigenvalue weighted by molar-refractivity contribution is -0.122. The van der Waals surface area contributed by atoms with Crippen LogP contribution in [0, 0.1) is 19.8 Å². The van der Waals surface area contributed by atoms with E-state index in [9.17, 15) is 9.59 Å². The number of rotatable bonds is 4. The number of para-hydroxylation sites is 2. The van der Waals surface area contributed by atoms with Crippen molar-refractivity contribution in [2.24, 2.45) is 5.92 Å². The van der Waals surface area contributed by atoms with Crippen molar-refractivity contribution in [3.8, 4) is 0 Å². The molecule has 2 aromatic rings. The number of aryl methyl sites for hydroxylation is 2. The molecule has 6 nitrogen and oxygen atoms in total. The molecule has 2 amide bonds. The fourth-order valence-electron chi connectivity index (χ4n) is 4.02. The van der Waals surface area contributed by atoms with E-state index in [1.54, 1.807) is 4.90 Å². The third-order valence-electron chi connectivity index (χ3n) is 5.66. The maximum Gasteiger partial charge on any atom is 0.229 e. The van der Waals surface area contributed by atoms with Gasteiger partial charge in [-0.05, 0) is 43.2 Å². The van der Waals surface area contributed by atoms with Crippen molar-refractivity contribution in [3.05, 3.63) is 53.6 Å². The molecule has 2 fully saturated rings. The Hall–Kier alpha value is -2.86. The van der Waals surface area contributed by atoms with Gasteiger partial charge in [0.05, 0.1) is 30.5 Å². The van der Waals surface area contributed by atoms with E-state index in [2.05, 4.69) is 10.2 Å². The summed E-state index contributed by atoms with van der Waals surface area (Å²) >= 11 is 0. The number of morpholine rings is 1. The van der Waals surface area contributed by atoms with Crippen molar-refractivity contribution in [3.63, 3.8) is 0 Å². The van der Waals surface area contributed by atoms with Crippen LogP contribution >= 0.6 is 0 Å². The van der Waals surface area contributed by atoms with E-state index in [1.807, 2.05) is 56.3 Å². The van der Waals surface area contributed by atoms with Crippen molar-refractivity contribution >= 4 is 28.9 Å². The largest absolute Gasteiger partial charge is 0.378 e. The fourth-order valence-corrected chi connectivity index (χ4v) is 4.02. The van der Waals surface area contributed by atoms with Gasteiger partial charge in [-0.15, -0.1) is 0 Å². The lowest BCUT2D eigenvalue weighted by atomic mass is 10.1. The first kappa shape index (κ1) is 19.5. The van der Waals surface area contributed by atoms with Gasteiger partial charge in [0.15, 0.2) is 0 Å². The monoisotopic (exact) mass is 393 g/mol. The second kappa shape index (κ2) is 8.25. The molecule has 2 aromatic carbocycles. The number of nitrogens with zero attached hydrogens (tertiary/aromatic N) is 2. The lowest BCUT2D eigenvalue weighted by Gasteiger charge is -2.30. The van der Waals surface area contributed by atoms with Crippen molar-refractivity contribution < 1.29 is 14.3 Å². The number of anilines is 3. The maximum absolute atomic E-state index is 13.0. The zero-order valence-corrected chi connectivity index (χ0v) is 17.0. The normalized spacial score (nSPS) is 19.5. The third kappa shape index (κ3) is 4.12. The molecule has 2 aliphatic rings. The quantitative estimate of drug-likeness (QED) is 0.867. The number of ether oxygens (including phenoxy) is 1. The van der Waals surface area contributed by atoms with Crippen LogP contribution in [0.25, 0.3) is 0 Å². The van der Waals surface area contributed by atoms with Crippen LogP contribution in [-0.2, 0) is 14.3 Å². The molecular weight excluding hydrogens is 366 g/mol. The average Bonchev–Trinajstić information content (AvgIpc) is 3.12. The highest BCUT2D eigenvalue weighted by Crippen LogP contribution is 2.31. The molecule has 0 aliphatic carbocycles. The zero-order chi connectivity index (χ0) is 20.4. The molecule has 1 unspecified atom stereocenters. The summed E-state index contributed by atoms with van der Waals surface area (Å²) in [5, 5.41) is 3.07. The number of amides is 2. The molecule has 0 bridgehead atoms. The lowest BCUT2D eigenvalue weighted by Crippen LogP contribution is -2.37. The Kier molecular flexibility index (Phi) is 5.53. The first-order chi connectivity index (χ1) is 14.0. The van der Waals surface area contributed by atoms with Gasteiger partial charge in [-0.2, -0.15) is 0 Å². The highest BCUT2D eigenvalue weighted by Gasteiger charge is 2.36. The Morgan fingerprint density at radius 1 is 1.07 bits per heavy atom. The predicted molar refractivity (Wildman–Crippen MR) is 114 cm³/mol. The Balaban J connectivity index is 1.49. The first-order valence-electron chi connectivity index (χ1n) is 10.1. The van der Waals surface area contributed by atoms with Crippen LogP contribution in [0.2, 0.25) is 0 Å². The summed E-state index contributed by atoms with van der Waals surface area (Å²) in [5.41, 5.74) is 4.84. The number of benzene rings is 2. The molecule has 2 heterocycles. The van der Waals surface area contributed by atoms with E-state index < -0.39 is 0 Å². The van der Waals surface area contributed by atoms with Crippen LogP contribution in [0.1, 0.15) is 17.5 Å². The second-order valence-electron chi connectivity index (χ2n) is 7.80. The van der Waals surface area contributed by atoms with Gasteiger partial charge in [0.1, 0.15) is 0 Å². The molecule has 2 saturated heterocycles. The van der Waals surface area contributed by atoms with Gasteiger partial charge in [0.2, 0.25) is 11.8 Å². The fraction of sp³-hybridized carbons (Fsp3) is 0.391. The van der Waals surface area contributed by atoms with Crippen LogP contribution < -0.4 is 15.1 Å². The number of hydrogen-bond donors (Lipinski definition) is 1. The molecule has 1 N–H and O–H groups in total. The number of carbonyl (C=O) groups is 2. The SMILES string of the molecule is Cc1ccc(C)c(N2CC(C(=O)Nc3ccccc3N3CCOCC3)CC2=O)c1.